The number of rotatable bonds is 6. The van der Waals surface area contributed by atoms with Crippen molar-refractivity contribution in [2.45, 2.75) is 27.0 Å². The number of nitrogens with one attached hydrogen (secondary N) is 1. The van der Waals surface area contributed by atoms with Crippen LogP contribution in [0.4, 0.5) is 0 Å². The molecular weight excluding hydrogens is 234 g/mol. The molecule has 0 aromatic heterocycles. The van der Waals surface area contributed by atoms with Crippen LogP contribution >= 0.6 is 0 Å². The van der Waals surface area contributed by atoms with Gasteiger partial charge in [-0.2, -0.15) is 0 Å². The minimum absolute atomic E-state index is 0.624. The molecule has 2 aromatic rings. The molecule has 0 unspecified atom stereocenters. The maximum Gasteiger partial charge on any atom is 0.119 e. The van der Waals surface area contributed by atoms with Gasteiger partial charge in [-0.05, 0) is 42.3 Å². The van der Waals surface area contributed by atoms with E-state index in [1.807, 2.05) is 24.3 Å². The Bertz CT molecular complexity index is 505. The van der Waals surface area contributed by atoms with E-state index in [2.05, 4.69) is 43.4 Å². The SMILES string of the molecule is CCNCc1ccc(OCc2ccccc2C)cc1. The van der Waals surface area contributed by atoms with Gasteiger partial charge in [-0.15, -0.1) is 0 Å². The highest BCUT2D eigenvalue weighted by molar-refractivity contribution is 5.29. The largest absolute Gasteiger partial charge is 0.489 e. The Labute approximate surface area is 115 Å². The van der Waals surface area contributed by atoms with Crippen molar-refractivity contribution >= 4 is 0 Å². The Kier molecular flexibility index (Phi) is 4.99. The summed E-state index contributed by atoms with van der Waals surface area (Å²) >= 11 is 0. The van der Waals surface area contributed by atoms with Crippen LogP contribution in [0.25, 0.3) is 0 Å². The average molecular weight is 255 g/mol. The maximum absolute atomic E-state index is 5.81. The smallest absolute Gasteiger partial charge is 0.119 e. The first-order valence-electron chi connectivity index (χ1n) is 6.76. The van der Waals surface area contributed by atoms with Crippen molar-refractivity contribution in [1.82, 2.24) is 5.32 Å². The lowest BCUT2D eigenvalue weighted by molar-refractivity contribution is 0.305. The predicted molar refractivity (Wildman–Crippen MR) is 79.3 cm³/mol. The average Bonchev–Trinajstić information content (AvgIpc) is 2.45. The second-order valence-electron chi connectivity index (χ2n) is 4.64. The fraction of sp³-hybridized carbons (Fsp3) is 0.294. The second kappa shape index (κ2) is 6.95. The Hall–Kier alpha value is -1.80. The standard InChI is InChI=1S/C17H21NO/c1-3-18-12-15-8-10-17(11-9-15)19-13-16-7-5-4-6-14(16)2/h4-11,18H,3,12-13H2,1-2H3. The van der Waals surface area contributed by atoms with Gasteiger partial charge in [0.15, 0.2) is 0 Å². The van der Waals surface area contributed by atoms with E-state index < -0.39 is 0 Å². The molecule has 2 nitrogen and oxygen atoms in total. The molecule has 0 aliphatic carbocycles. The third kappa shape index (κ3) is 4.11. The van der Waals surface area contributed by atoms with Gasteiger partial charge in [0, 0.05) is 6.54 Å². The van der Waals surface area contributed by atoms with Crippen LogP contribution in [0.5, 0.6) is 5.75 Å². The van der Waals surface area contributed by atoms with Crippen LogP contribution in [-0.2, 0) is 13.2 Å². The Morgan fingerprint density at radius 1 is 1.00 bits per heavy atom. The van der Waals surface area contributed by atoms with E-state index >= 15 is 0 Å². The fourth-order valence-corrected chi connectivity index (χ4v) is 1.91. The number of ether oxygens (including phenoxy) is 1. The normalized spacial score (nSPS) is 10.4. The molecule has 0 bridgehead atoms. The number of hydrogen-bond donors (Lipinski definition) is 1. The summed E-state index contributed by atoms with van der Waals surface area (Å²) in [6, 6.07) is 16.6. The lowest BCUT2D eigenvalue weighted by Gasteiger charge is -2.09. The molecule has 0 saturated heterocycles. The van der Waals surface area contributed by atoms with Crippen LogP contribution in [0, 0.1) is 6.92 Å². The lowest BCUT2D eigenvalue weighted by atomic mass is 10.1. The Morgan fingerprint density at radius 2 is 1.74 bits per heavy atom. The molecule has 0 radical (unpaired) electrons. The van der Waals surface area contributed by atoms with Crippen LogP contribution in [0.2, 0.25) is 0 Å². The highest BCUT2D eigenvalue weighted by Gasteiger charge is 1.99. The zero-order chi connectivity index (χ0) is 13.5. The first-order valence-corrected chi connectivity index (χ1v) is 6.76. The summed E-state index contributed by atoms with van der Waals surface area (Å²) in [5, 5.41) is 3.31. The molecular formula is C17H21NO. The van der Waals surface area contributed by atoms with Crippen molar-refractivity contribution in [1.29, 1.82) is 0 Å². The van der Waals surface area contributed by atoms with Crippen LogP contribution in [-0.4, -0.2) is 6.54 Å². The van der Waals surface area contributed by atoms with Crippen LogP contribution in [0.1, 0.15) is 23.6 Å². The van der Waals surface area contributed by atoms with E-state index in [1.165, 1.54) is 16.7 Å². The van der Waals surface area contributed by atoms with Gasteiger partial charge in [-0.1, -0.05) is 43.3 Å². The van der Waals surface area contributed by atoms with Gasteiger partial charge in [0.25, 0.3) is 0 Å². The minimum Gasteiger partial charge on any atom is -0.489 e. The summed E-state index contributed by atoms with van der Waals surface area (Å²) in [7, 11) is 0. The molecule has 2 rings (SSSR count). The van der Waals surface area contributed by atoms with Crippen molar-refractivity contribution in [3.8, 4) is 5.75 Å². The maximum atomic E-state index is 5.81. The monoisotopic (exact) mass is 255 g/mol. The van der Waals surface area contributed by atoms with Crippen LogP contribution in [0.15, 0.2) is 48.5 Å². The van der Waals surface area contributed by atoms with Crippen molar-refractivity contribution in [3.05, 3.63) is 65.2 Å². The molecule has 0 fully saturated rings. The molecule has 2 heteroatoms. The van der Waals surface area contributed by atoms with Gasteiger partial charge in [0.05, 0.1) is 0 Å². The third-order valence-electron chi connectivity index (χ3n) is 3.16. The van der Waals surface area contributed by atoms with Crippen LogP contribution < -0.4 is 10.1 Å². The van der Waals surface area contributed by atoms with Gasteiger partial charge < -0.3 is 10.1 Å². The van der Waals surface area contributed by atoms with Gasteiger partial charge in [0.2, 0.25) is 0 Å². The van der Waals surface area contributed by atoms with Crippen molar-refractivity contribution in [3.63, 3.8) is 0 Å². The van der Waals surface area contributed by atoms with Gasteiger partial charge in [-0.25, -0.2) is 0 Å². The van der Waals surface area contributed by atoms with Crippen molar-refractivity contribution < 1.29 is 4.74 Å². The molecule has 0 saturated carbocycles. The zero-order valence-corrected chi connectivity index (χ0v) is 11.6. The fourth-order valence-electron chi connectivity index (χ4n) is 1.91. The summed E-state index contributed by atoms with van der Waals surface area (Å²) < 4.78 is 5.81. The number of aryl methyl sites for hydroxylation is 1. The molecule has 0 heterocycles. The highest BCUT2D eigenvalue weighted by atomic mass is 16.5. The van der Waals surface area contributed by atoms with Gasteiger partial charge >= 0.3 is 0 Å². The molecule has 0 spiro atoms. The second-order valence-corrected chi connectivity index (χ2v) is 4.64. The van der Waals surface area contributed by atoms with Gasteiger partial charge in [-0.3, -0.25) is 0 Å². The molecule has 0 aliphatic rings. The first-order chi connectivity index (χ1) is 9.29. The van der Waals surface area contributed by atoms with Crippen molar-refractivity contribution in [2.24, 2.45) is 0 Å². The Morgan fingerprint density at radius 3 is 2.42 bits per heavy atom. The summed E-state index contributed by atoms with van der Waals surface area (Å²) in [6.07, 6.45) is 0. The first kappa shape index (κ1) is 13.6. The number of hydrogen-bond acceptors (Lipinski definition) is 2. The van der Waals surface area contributed by atoms with Gasteiger partial charge in [0.1, 0.15) is 12.4 Å². The lowest BCUT2D eigenvalue weighted by Crippen LogP contribution is -2.11. The van der Waals surface area contributed by atoms with Crippen LogP contribution in [0.3, 0.4) is 0 Å². The van der Waals surface area contributed by atoms with E-state index in [1.54, 1.807) is 0 Å². The number of benzene rings is 2. The van der Waals surface area contributed by atoms with E-state index in [0.29, 0.717) is 6.61 Å². The molecule has 19 heavy (non-hydrogen) atoms. The predicted octanol–water partition coefficient (Wildman–Crippen LogP) is 3.68. The topological polar surface area (TPSA) is 21.3 Å². The quantitative estimate of drug-likeness (QED) is 0.850. The minimum atomic E-state index is 0.624. The summed E-state index contributed by atoms with van der Waals surface area (Å²) in [5.74, 6) is 0.920. The van der Waals surface area contributed by atoms with E-state index in [0.717, 1.165) is 18.8 Å². The van der Waals surface area contributed by atoms with E-state index in [9.17, 15) is 0 Å². The third-order valence-corrected chi connectivity index (χ3v) is 3.16. The molecule has 2 aromatic carbocycles. The summed E-state index contributed by atoms with van der Waals surface area (Å²) in [4.78, 5) is 0. The molecule has 0 aliphatic heterocycles. The highest BCUT2D eigenvalue weighted by Crippen LogP contribution is 2.15. The van der Waals surface area contributed by atoms with Crippen molar-refractivity contribution in [2.75, 3.05) is 6.54 Å². The summed E-state index contributed by atoms with van der Waals surface area (Å²) in [5.41, 5.74) is 3.79. The van der Waals surface area contributed by atoms with E-state index in [4.69, 9.17) is 4.74 Å². The zero-order valence-electron chi connectivity index (χ0n) is 11.6. The molecule has 1 N–H and O–H groups in total. The molecule has 0 amide bonds. The molecule has 0 atom stereocenters. The Balaban J connectivity index is 1.91. The summed E-state index contributed by atoms with van der Waals surface area (Å²) in [6.45, 7) is 6.75. The molecule has 100 valence electrons. The van der Waals surface area contributed by atoms with E-state index in [-0.39, 0.29) is 0 Å².